The van der Waals surface area contributed by atoms with Crippen LogP contribution in [-0.2, 0) is 16.1 Å². The van der Waals surface area contributed by atoms with Crippen molar-refractivity contribution in [3.8, 4) is 0 Å². The van der Waals surface area contributed by atoms with Crippen LogP contribution in [0, 0.1) is 6.92 Å². The number of amides is 2. The van der Waals surface area contributed by atoms with Crippen molar-refractivity contribution in [2.45, 2.75) is 39.8 Å². The van der Waals surface area contributed by atoms with Crippen LogP contribution in [0.5, 0.6) is 0 Å². The maximum absolute atomic E-state index is 12.6. The van der Waals surface area contributed by atoms with Crippen LogP contribution in [0.2, 0.25) is 5.02 Å². The number of nitrogens with zero attached hydrogens (tertiary/aromatic N) is 1. The molecular formula is C20H23ClN2O2. The molecule has 0 heterocycles. The lowest BCUT2D eigenvalue weighted by atomic mass is 10.1. The van der Waals surface area contributed by atoms with E-state index in [2.05, 4.69) is 5.32 Å². The topological polar surface area (TPSA) is 49.4 Å². The van der Waals surface area contributed by atoms with Gasteiger partial charge >= 0.3 is 0 Å². The van der Waals surface area contributed by atoms with Gasteiger partial charge in [0.1, 0.15) is 6.42 Å². The minimum absolute atomic E-state index is 0.0118. The smallest absolute Gasteiger partial charge is 0.233 e. The minimum atomic E-state index is -0.325. The molecule has 2 amide bonds. The SMILES string of the molecule is Cc1cc(Cl)ccc1NC(=O)CC(=O)N(Cc1ccccc1)C(C)C. The van der Waals surface area contributed by atoms with E-state index in [1.165, 1.54) is 0 Å². The highest BCUT2D eigenvalue weighted by Gasteiger charge is 2.20. The summed E-state index contributed by atoms with van der Waals surface area (Å²) in [6.45, 7) is 6.24. The quantitative estimate of drug-likeness (QED) is 0.777. The van der Waals surface area contributed by atoms with Gasteiger partial charge in [-0.2, -0.15) is 0 Å². The minimum Gasteiger partial charge on any atom is -0.336 e. The lowest BCUT2D eigenvalue weighted by molar-refractivity contribution is -0.136. The van der Waals surface area contributed by atoms with Crippen molar-refractivity contribution in [2.75, 3.05) is 5.32 Å². The van der Waals surface area contributed by atoms with Crippen LogP contribution in [0.4, 0.5) is 5.69 Å². The molecule has 0 radical (unpaired) electrons. The van der Waals surface area contributed by atoms with Crippen LogP contribution in [0.3, 0.4) is 0 Å². The van der Waals surface area contributed by atoms with Crippen molar-refractivity contribution in [2.24, 2.45) is 0 Å². The predicted molar refractivity (Wildman–Crippen MR) is 102 cm³/mol. The zero-order valence-electron chi connectivity index (χ0n) is 14.8. The Hall–Kier alpha value is -2.33. The van der Waals surface area contributed by atoms with E-state index in [1.807, 2.05) is 51.1 Å². The molecule has 0 unspecified atom stereocenters. The molecule has 2 rings (SSSR count). The molecule has 4 nitrogen and oxygen atoms in total. The van der Waals surface area contributed by atoms with Crippen molar-refractivity contribution in [1.29, 1.82) is 0 Å². The molecule has 0 bridgehead atoms. The first-order valence-electron chi connectivity index (χ1n) is 8.26. The third kappa shape index (κ3) is 5.61. The second kappa shape index (κ2) is 8.67. The highest BCUT2D eigenvalue weighted by molar-refractivity contribution is 6.30. The summed E-state index contributed by atoms with van der Waals surface area (Å²) in [6, 6.07) is 15.0. The van der Waals surface area contributed by atoms with Crippen LogP contribution in [0.25, 0.3) is 0 Å². The molecule has 0 aliphatic rings. The van der Waals surface area contributed by atoms with E-state index in [0.717, 1.165) is 11.1 Å². The summed E-state index contributed by atoms with van der Waals surface area (Å²) >= 11 is 5.92. The van der Waals surface area contributed by atoms with Gasteiger partial charge in [-0.1, -0.05) is 41.9 Å². The number of carbonyl (C=O) groups is 2. The largest absolute Gasteiger partial charge is 0.336 e. The maximum Gasteiger partial charge on any atom is 0.233 e. The Morgan fingerprint density at radius 2 is 1.80 bits per heavy atom. The summed E-state index contributed by atoms with van der Waals surface area (Å²) in [6.07, 6.45) is -0.187. The number of anilines is 1. The van der Waals surface area contributed by atoms with Crippen molar-refractivity contribution in [3.05, 3.63) is 64.7 Å². The molecular weight excluding hydrogens is 336 g/mol. The molecule has 0 atom stereocenters. The summed E-state index contributed by atoms with van der Waals surface area (Å²) in [4.78, 5) is 26.5. The highest BCUT2D eigenvalue weighted by Crippen LogP contribution is 2.20. The summed E-state index contributed by atoms with van der Waals surface area (Å²) in [5, 5.41) is 3.39. The Morgan fingerprint density at radius 1 is 1.12 bits per heavy atom. The number of hydrogen-bond donors (Lipinski definition) is 1. The summed E-state index contributed by atoms with van der Waals surface area (Å²) < 4.78 is 0. The van der Waals surface area contributed by atoms with Crippen molar-refractivity contribution in [3.63, 3.8) is 0 Å². The molecule has 0 fully saturated rings. The molecule has 0 saturated heterocycles. The Balaban J connectivity index is 2.01. The van der Waals surface area contributed by atoms with E-state index in [-0.39, 0.29) is 24.3 Å². The van der Waals surface area contributed by atoms with Gasteiger partial charge in [0.15, 0.2) is 0 Å². The first kappa shape index (κ1) is 19.0. The van der Waals surface area contributed by atoms with Crippen LogP contribution in [0.1, 0.15) is 31.4 Å². The first-order valence-corrected chi connectivity index (χ1v) is 8.64. The molecule has 132 valence electrons. The van der Waals surface area contributed by atoms with Gasteiger partial charge in [0.05, 0.1) is 0 Å². The molecule has 0 spiro atoms. The molecule has 2 aromatic rings. The van der Waals surface area contributed by atoms with E-state index in [4.69, 9.17) is 11.6 Å². The fraction of sp³-hybridized carbons (Fsp3) is 0.300. The molecule has 0 aliphatic carbocycles. The molecule has 25 heavy (non-hydrogen) atoms. The number of nitrogens with one attached hydrogen (secondary N) is 1. The third-order valence-electron chi connectivity index (χ3n) is 3.91. The van der Waals surface area contributed by atoms with E-state index in [9.17, 15) is 9.59 Å². The second-order valence-corrected chi connectivity index (χ2v) is 6.72. The van der Waals surface area contributed by atoms with Gasteiger partial charge in [0.2, 0.25) is 11.8 Å². The highest BCUT2D eigenvalue weighted by atomic mass is 35.5. The fourth-order valence-corrected chi connectivity index (χ4v) is 2.77. The Bertz CT molecular complexity index is 745. The first-order chi connectivity index (χ1) is 11.9. The van der Waals surface area contributed by atoms with E-state index >= 15 is 0 Å². The van der Waals surface area contributed by atoms with Gasteiger partial charge in [-0.05, 0) is 50.1 Å². The number of aryl methyl sites for hydroxylation is 1. The predicted octanol–water partition coefficient (Wildman–Crippen LogP) is 4.41. The normalized spacial score (nSPS) is 10.6. The van der Waals surface area contributed by atoms with Gasteiger partial charge in [0, 0.05) is 23.3 Å². The molecule has 0 aliphatic heterocycles. The molecule has 0 aromatic heterocycles. The fourth-order valence-electron chi connectivity index (χ4n) is 2.54. The summed E-state index contributed by atoms with van der Waals surface area (Å²) in [5.74, 6) is -0.517. The van der Waals surface area contributed by atoms with Gasteiger partial charge in [0.25, 0.3) is 0 Å². The van der Waals surface area contributed by atoms with E-state index < -0.39 is 0 Å². The molecule has 2 aromatic carbocycles. The number of hydrogen-bond acceptors (Lipinski definition) is 2. The number of carbonyl (C=O) groups excluding carboxylic acids is 2. The second-order valence-electron chi connectivity index (χ2n) is 6.29. The van der Waals surface area contributed by atoms with Crippen LogP contribution in [-0.4, -0.2) is 22.8 Å². The average Bonchev–Trinajstić information content (AvgIpc) is 2.55. The van der Waals surface area contributed by atoms with Crippen molar-refractivity contribution < 1.29 is 9.59 Å². The number of rotatable bonds is 6. The van der Waals surface area contributed by atoms with Gasteiger partial charge in [-0.25, -0.2) is 0 Å². The van der Waals surface area contributed by atoms with Crippen LogP contribution in [0.15, 0.2) is 48.5 Å². The molecule has 0 saturated carbocycles. The lowest BCUT2D eigenvalue weighted by Gasteiger charge is -2.27. The van der Waals surface area contributed by atoms with Crippen molar-refractivity contribution >= 4 is 29.1 Å². The van der Waals surface area contributed by atoms with Crippen molar-refractivity contribution in [1.82, 2.24) is 4.90 Å². The van der Waals surface area contributed by atoms with Gasteiger partial charge < -0.3 is 10.2 Å². The zero-order chi connectivity index (χ0) is 18.4. The Morgan fingerprint density at radius 3 is 2.40 bits per heavy atom. The van der Waals surface area contributed by atoms with Crippen LogP contribution >= 0.6 is 11.6 Å². The monoisotopic (exact) mass is 358 g/mol. The Kier molecular flexibility index (Phi) is 6.59. The third-order valence-corrected chi connectivity index (χ3v) is 4.15. The molecule has 1 N–H and O–H groups in total. The maximum atomic E-state index is 12.6. The molecule has 5 heteroatoms. The Labute approximate surface area is 153 Å². The van der Waals surface area contributed by atoms with Gasteiger partial charge in [-0.3, -0.25) is 9.59 Å². The lowest BCUT2D eigenvalue weighted by Crippen LogP contribution is -2.38. The average molecular weight is 359 g/mol. The zero-order valence-corrected chi connectivity index (χ0v) is 15.5. The standard InChI is InChI=1S/C20H23ClN2O2/c1-14(2)23(13-16-7-5-4-6-8-16)20(25)12-19(24)22-18-10-9-17(21)11-15(18)3/h4-11,14H,12-13H2,1-3H3,(H,22,24). The van der Waals surface area contributed by atoms with E-state index in [1.54, 1.807) is 23.1 Å². The number of benzene rings is 2. The summed E-state index contributed by atoms with van der Waals surface area (Å²) in [5.41, 5.74) is 2.57. The van der Waals surface area contributed by atoms with Crippen LogP contribution < -0.4 is 5.32 Å². The number of halogens is 1. The van der Waals surface area contributed by atoms with E-state index in [0.29, 0.717) is 17.3 Å². The van der Waals surface area contributed by atoms with Gasteiger partial charge in [-0.15, -0.1) is 0 Å². The summed E-state index contributed by atoms with van der Waals surface area (Å²) in [7, 11) is 0.